The summed E-state index contributed by atoms with van der Waals surface area (Å²) in [6, 6.07) is 1.79. The lowest BCUT2D eigenvalue weighted by molar-refractivity contribution is 0.0570. The van der Waals surface area contributed by atoms with E-state index >= 15 is 0 Å². The van der Waals surface area contributed by atoms with E-state index in [1.165, 1.54) is 6.20 Å². The molecule has 0 aromatic carbocycles. The molecule has 0 aliphatic carbocycles. The monoisotopic (exact) mass is 346 g/mol. The van der Waals surface area contributed by atoms with Crippen molar-refractivity contribution in [1.29, 1.82) is 0 Å². The molecule has 8 nitrogen and oxygen atoms in total. The van der Waals surface area contributed by atoms with Gasteiger partial charge in [-0.2, -0.15) is 0 Å². The normalized spacial score (nSPS) is 15.0. The molecule has 134 valence electrons. The fourth-order valence-corrected chi connectivity index (χ4v) is 2.87. The van der Waals surface area contributed by atoms with Crippen LogP contribution in [0, 0.1) is 0 Å². The van der Waals surface area contributed by atoms with E-state index in [1.54, 1.807) is 22.8 Å². The van der Waals surface area contributed by atoms with Crippen LogP contribution in [0.15, 0.2) is 16.8 Å². The molecule has 0 unspecified atom stereocenters. The van der Waals surface area contributed by atoms with Gasteiger partial charge in [0.1, 0.15) is 0 Å². The first kappa shape index (κ1) is 17.2. The average molecular weight is 346 g/mol. The van der Waals surface area contributed by atoms with Crippen LogP contribution < -0.4 is 0 Å². The molecule has 0 bridgehead atoms. The number of carbonyl (C=O) groups is 2. The highest BCUT2D eigenvalue weighted by Crippen LogP contribution is 2.24. The first-order valence-corrected chi connectivity index (χ1v) is 8.47. The third-order valence-corrected chi connectivity index (χ3v) is 4.24. The van der Waals surface area contributed by atoms with Gasteiger partial charge in [0.25, 0.3) is 11.6 Å². The molecule has 2 aromatic rings. The van der Waals surface area contributed by atoms with Crippen LogP contribution in [0.2, 0.25) is 0 Å². The van der Waals surface area contributed by atoms with E-state index in [2.05, 4.69) is 10.1 Å². The Morgan fingerprint density at radius 2 is 1.92 bits per heavy atom. The van der Waals surface area contributed by atoms with Gasteiger partial charge in [-0.1, -0.05) is 19.0 Å². The molecule has 0 N–H and O–H groups in total. The lowest BCUT2D eigenvalue weighted by atomic mass is 10.1. The quantitative estimate of drug-likeness (QED) is 0.847. The van der Waals surface area contributed by atoms with Gasteiger partial charge < -0.3 is 19.1 Å². The molecular weight excluding hydrogens is 324 g/mol. The Morgan fingerprint density at radius 3 is 2.56 bits per heavy atom. The van der Waals surface area contributed by atoms with Crippen LogP contribution in [-0.4, -0.2) is 64.7 Å². The molecule has 25 heavy (non-hydrogen) atoms. The van der Waals surface area contributed by atoms with Crippen molar-refractivity contribution in [2.75, 3.05) is 32.8 Å². The molecule has 3 rings (SSSR count). The third-order valence-electron chi connectivity index (χ3n) is 4.24. The van der Waals surface area contributed by atoms with Crippen molar-refractivity contribution in [3.8, 4) is 0 Å². The van der Waals surface area contributed by atoms with E-state index in [4.69, 9.17) is 9.26 Å². The van der Waals surface area contributed by atoms with Crippen LogP contribution >= 0.6 is 0 Å². The summed E-state index contributed by atoms with van der Waals surface area (Å²) in [7, 11) is 0. The van der Waals surface area contributed by atoms with Crippen LogP contribution in [-0.2, 0) is 4.74 Å². The number of hydrogen-bond donors (Lipinski definition) is 0. The third kappa shape index (κ3) is 3.42. The molecule has 1 aliphatic rings. The van der Waals surface area contributed by atoms with Gasteiger partial charge in [-0.3, -0.25) is 4.79 Å². The van der Waals surface area contributed by atoms with Crippen molar-refractivity contribution in [3.63, 3.8) is 0 Å². The van der Waals surface area contributed by atoms with Crippen LogP contribution in [0.3, 0.4) is 0 Å². The summed E-state index contributed by atoms with van der Waals surface area (Å²) in [5, 5.41) is 4.80. The van der Waals surface area contributed by atoms with Crippen molar-refractivity contribution in [3.05, 3.63) is 23.5 Å². The van der Waals surface area contributed by atoms with Gasteiger partial charge in [-0.05, 0) is 18.9 Å². The summed E-state index contributed by atoms with van der Waals surface area (Å²) in [5.74, 6) is 0.0790. The SMILES string of the molecule is CCOC(=O)N1CCN(C(=O)c2cnc3onc(C(C)C)c3c2)CC1. The van der Waals surface area contributed by atoms with Crippen LogP contribution in [0.1, 0.15) is 42.7 Å². The Labute approximate surface area is 145 Å². The molecule has 1 aliphatic heterocycles. The maximum atomic E-state index is 12.7. The number of amides is 2. The van der Waals surface area contributed by atoms with Gasteiger partial charge in [0, 0.05) is 32.4 Å². The first-order valence-electron chi connectivity index (χ1n) is 8.47. The molecule has 8 heteroatoms. The summed E-state index contributed by atoms with van der Waals surface area (Å²) < 4.78 is 10.2. The highest BCUT2D eigenvalue weighted by atomic mass is 16.6. The Balaban J connectivity index is 1.72. The molecule has 0 spiro atoms. The zero-order valence-corrected chi connectivity index (χ0v) is 14.7. The average Bonchev–Trinajstić information content (AvgIpc) is 3.05. The number of nitrogens with zero attached hydrogens (tertiary/aromatic N) is 4. The molecular formula is C17H22N4O4. The second-order valence-electron chi connectivity index (χ2n) is 6.28. The van der Waals surface area contributed by atoms with Crippen LogP contribution in [0.5, 0.6) is 0 Å². The topological polar surface area (TPSA) is 88.8 Å². The second-order valence-corrected chi connectivity index (χ2v) is 6.28. The van der Waals surface area contributed by atoms with E-state index in [9.17, 15) is 9.59 Å². The summed E-state index contributed by atoms with van der Waals surface area (Å²) in [4.78, 5) is 32.0. The Bertz CT molecular complexity index is 778. The molecule has 0 atom stereocenters. The number of piperazine rings is 1. The summed E-state index contributed by atoms with van der Waals surface area (Å²) >= 11 is 0. The zero-order valence-electron chi connectivity index (χ0n) is 14.7. The van der Waals surface area contributed by atoms with E-state index in [1.807, 2.05) is 13.8 Å². The van der Waals surface area contributed by atoms with Crippen LogP contribution in [0.25, 0.3) is 11.1 Å². The number of rotatable bonds is 3. The van der Waals surface area contributed by atoms with E-state index in [0.29, 0.717) is 44.1 Å². The number of pyridine rings is 1. The Kier molecular flexibility index (Phi) is 4.87. The van der Waals surface area contributed by atoms with Crippen molar-refractivity contribution in [1.82, 2.24) is 19.9 Å². The standard InChI is InChI=1S/C17H22N4O4/c1-4-24-17(23)21-7-5-20(6-8-21)16(22)12-9-13-14(11(2)3)19-25-15(13)18-10-12/h9-11H,4-8H2,1-3H3. The molecule has 1 fully saturated rings. The van der Waals surface area contributed by atoms with E-state index in [-0.39, 0.29) is 17.9 Å². The molecule has 0 saturated carbocycles. The predicted octanol–water partition coefficient (Wildman–Crippen LogP) is 2.26. The minimum Gasteiger partial charge on any atom is -0.450 e. The maximum absolute atomic E-state index is 12.7. The van der Waals surface area contributed by atoms with Gasteiger partial charge >= 0.3 is 6.09 Å². The summed E-state index contributed by atoms with van der Waals surface area (Å²) in [6.07, 6.45) is 1.18. The van der Waals surface area contributed by atoms with E-state index in [0.717, 1.165) is 11.1 Å². The second kappa shape index (κ2) is 7.08. The van der Waals surface area contributed by atoms with E-state index < -0.39 is 0 Å². The minimum absolute atomic E-state index is 0.103. The van der Waals surface area contributed by atoms with Crippen molar-refractivity contribution < 1.29 is 18.8 Å². The van der Waals surface area contributed by atoms with Gasteiger partial charge in [0.15, 0.2) is 0 Å². The molecule has 2 amide bonds. The highest BCUT2D eigenvalue weighted by Gasteiger charge is 2.26. The van der Waals surface area contributed by atoms with Gasteiger partial charge in [0.2, 0.25) is 0 Å². The fraction of sp³-hybridized carbons (Fsp3) is 0.529. The molecule has 1 saturated heterocycles. The van der Waals surface area contributed by atoms with Gasteiger partial charge in [0.05, 0.1) is 23.3 Å². The lowest BCUT2D eigenvalue weighted by Crippen LogP contribution is -2.50. The minimum atomic E-state index is -0.330. The van der Waals surface area contributed by atoms with Gasteiger partial charge in [-0.15, -0.1) is 0 Å². The number of aromatic nitrogens is 2. The predicted molar refractivity (Wildman–Crippen MR) is 90.4 cm³/mol. The number of carbonyl (C=O) groups excluding carboxylic acids is 2. The van der Waals surface area contributed by atoms with Crippen molar-refractivity contribution in [2.24, 2.45) is 0 Å². The summed E-state index contributed by atoms with van der Waals surface area (Å²) in [6.45, 7) is 8.01. The summed E-state index contributed by atoms with van der Waals surface area (Å²) in [5.41, 5.74) is 1.74. The molecule has 2 aromatic heterocycles. The maximum Gasteiger partial charge on any atom is 0.409 e. The molecule has 0 radical (unpaired) electrons. The Morgan fingerprint density at radius 1 is 1.24 bits per heavy atom. The number of fused-ring (bicyclic) bond motifs is 1. The number of hydrogen-bond acceptors (Lipinski definition) is 6. The number of ether oxygens (including phenoxy) is 1. The fourth-order valence-electron chi connectivity index (χ4n) is 2.87. The lowest BCUT2D eigenvalue weighted by Gasteiger charge is -2.34. The highest BCUT2D eigenvalue weighted by molar-refractivity contribution is 5.97. The zero-order chi connectivity index (χ0) is 18.0. The largest absolute Gasteiger partial charge is 0.450 e. The smallest absolute Gasteiger partial charge is 0.409 e. The van der Waals surface area contributed by atoms with Crippen molar-refractivity contribution in [2.45, 2.75) is 26.7 Å². The molecule has 3 heterocycles. The van der Waals surface area contributed by atoms with Crippen molar-refractivity contribution >= 4 is 23.1 Å². The van der Waals surface area contributed by atoms with Crippen LogP contribution in [0.4, 0.5) is 4.79 Å². The van der Waals surface area contributed by atoms with Gasteiger partial charge in [-0.25, -0.2) is 9.78 Å². The first-order chi connectivity index (χ1) is 12.0. The Hall–Kier alpha value is -2.64.